The second-order valence-corrected chi connectivity index (χ2v) is 8.34. The van der Waals surface area contributed by atoms with Crippen LogP contribution in [0.5, 0.6) is 0 Å². The highest BCUT2D eigenvalue weighted by Gasteiger charge is 2.31. The molecule has 1 aliphatic rings. The zero-order valence-electron chi connectivity index (χ0n) is 14.6. The van der Waals surface area contributed by atoms with E-state index in [-0.39, 0.29) is 0 Å². The molecule has 0 spiro atoms. The smallest absolute Gasteiger partial charge is 0.264 e. The quantitative estimate of drug-likeness (QED) is 0.764. The highest BCUT2D eigenvalue weighted by Crippen LogP contribution is 2.21. The molecule has 6 heteroatoms. The van der Waals surface area contributed by atoms with E-state index in [1.54, 1.807) is 21.0 Å². The number of rotatable bonds is 7. The van der Waals surface area contributed by atoms with E-state index in [9.17, 15) is 8.42 Å². The van der Waals surface area contributed by atoms with Gasteiger partial charge in [-0.05, 0) is 42.0 Å². The van der Waals surface area contributed by atoms with Crippen LogP contribution >= 0.6 is 0 Å². The van der Waals surface area contributed by atoms with Crippen molar-refractivity contribution < 1.29 is 8.42 Å². The lowest BCUT2D eigenvalue weighted by Crippen LogP contribution is -2.41. The Balaban J connectivity index is 1.85. The lowest BCUT2D eigenvalue weighted by molar-refractivity contribution is 0.350. The van der Waals surface area contributed by atoms with Gasteiger partial charge >= 0.3 is 0 Å². The average Bonchev–Trinajstić information content (AvgIpc) is 3.18. The van der Waals surface area contributed by atoms with Gasteiger partial charge in [-0.25, -0.2) is 0 Å². The molecule has 0 aliphatic carbocycles. The Morgan fingerprint density at radius 2 is 1.64 bits per heavy atom. The number of pyridine rings is 1. The number of hydrogen-bond acceptors (Lipinski definition) is 3. The number of hydrogen-bond donors (Lipinski definition) is 0. The topological polar surface area (TPSA) is 53.5 Å². The van der Waals surface area contributed by atoms with E-state index in [0.717, 1.165) is 30.4 Å². The minimum Gasteiger partial charge on any atom is -0.264 e. The molecule has 1 aliphatic heterocycles. The molecule has 0 amide bonds. The summed E-state index contributed by atoms with van der Waals surface area (Å²) in [6, 6.07) is 11.9. The molecule has 0 unspecified atom stereocenters. The van der Waals surface area contributed by atoms with Crippen LogP contribution in [0.15, 0.2) is 48.8 Å². The van der Waals surface area contributed by atoms with Crippen molar-refractivity contribution in [3.05, 3.63) is 65.5 Å². The van der Waals surface area contributed by atoms with Gasteiger partial charge < -0.3 is 0 Å². The van der Waals surface area contributed by atoms with Crippen molar-refractivity contribution in [3.63, 3.8) is 0 Å². The Labute approximate surface area is 150 Å². The fraction of sp³-hybridized carbons (Fsp3) is 0.421. The molecule has 5 nitrogen and oxygen atoms in total. The van der Waals surface area contributed by atoms with Crippen LogP contribution < -0.4 is 0 Å². The van der Waals surface area contributed by atoms with Crippen LogP contribution in [0.1, 0.15) is 36.5 Å². The molecule has 1 saturated heterocycles. The minimum atomic E-state index is -3.47. The molecule has 3 rings (SSSR count). The van der Waals surface area contributed by atoms with E-state index in [1.165, 1.54) is 5.56 Å². The first kappa shape index (κ1) is 18.0. The van der Waals surface area contributed by atoms with Crippen molar-refractivity contribution in [2.24, 2.45) is 0 Å². The molecule has 0 bridgehead atoms. The van der Waals surface area contributed by atoms with Gasteiger partial charge in [0.2, 0.25) is 0 Å². The summed E-state index contributed by atoms with van der Waals surface area (Å²) in [7, 11) is -3.47. The van der Waals surface area contributed by atoms with E-state index in [4.69, 9.17) is 0 Å². The van der Waals surface area contributed by atoms with E-state index < -0.39 is 10.2 Å². The maximum atomic E-state index is 13.1. The average molecular weight is 359 g/mol. The summed E-state index contributed by atoms with van der Waals surface area (Å²) in [5.74, 6) is 0. The third kappa shape index (κ3) is 4.45. The van der Waals surface area contributed by atoms with E-state index >= 15 is 0 Å². The van der Waals surface area contributed by atoms with Crippen molar-refractivity contribution in [3.8, 4) is 0 Å². The third-order valence-electron chi connectivity index (χ3n) is 4.59. The fourth-order valence-electron chi connectivity index (χ4n) is 3.08. The first-order chi connectivity index (χ1) is 12.1. The highest BCUT2D eigenvalue weighted by atomic mass is 32.2. The second-order valence-electron chi connectivity index (χ2n) is 6.41. The van der Waals surface area contributed by atoms with Gasteiger partial charge in [0.05, 0.1) is 0 Å². The molecular weight excluding hydrogens is 334 g/mol. The van der Waals surface area contributed by atoms with E-state index in [2.05, 4.69) is 24.0 Å². The molecule has 1 aromatic carbocycles. The van der Waals surface area contributed by atoms with Crippen molar-refractivity contribution in [2.45, 2.75) is 39.3 Å². The van der Waals surface area contributed by atoms with Crippen molar-refractivity contribution in [2.75, 3.05) is 13.1 Å². The SMILES string of the molecule is CCc1ccc(CN(Cc2cccnc2)S(=O)(=O)N2CCCC2)cc1. The first-order valence-corrected chi connectivity index (χ1v) is 10.2. The predicted molar refractivity (Wildman–Crippen MR) is 99.0 cm³/mol. The Kier molecular flexibility index (Phi) is 5.83. The van der Waals surface area contributed by atoms with E-state index in [0.29, 0.717) is 26.2 Å². The van der Waals surface area contributed by atoms with Crippen LogP contribution in [0, 0.1) is 0 Å². The van der Waals surface area contributed by atoms with Crippen LogP contribution in [-0.4, -0.2) is 35.1 Å². The van der Waals surface area contributed by atoms with Gasteiger partial charge in [0.25, 0.3) is 10.2 Å². The maximum Gasteiger partial charge on any atom is 0.282 e. The van der Waals surface area contributed by atoms with Crippen LogP contribution in [0.25, 0.3) is 0 Å². The Hall–Kier alpha value is -1.76. The van der Waals surface area contributed by atoms with Gasteiger partial charge in [0, 0.05) is 38.6 Å². The zero-order valence-corrected chi connectivity index (χ0v) is 15.5. The Morgan fingerprint density at radius 1 is 1.00 bits per heavy atom. The molecule has 1 fully saturated rings. The third-order valence-corrected chi connectivity index (χ3v) is 6.52. The van der Waals surface area contributed by atoms with Crippen LogP contribution in [0.4, 0.5) is 0 Å². The van der Waals surface area contributed by atoms with Crippen molar-refractivity contribution in [1.82, 2.24) is 13.6 Å². The van der Waals surface area contributed by atoms with Gasteiger partial charge in [0.15, 0.2) is 0 Å². The van der Waals surface area contributed by atoms with Gasteiger partial charge in [-0.15, -0.1) is 0 Å². The normalized spacial score (nSPS) is 15.8. The maximum absolute atomic E-state index is 13.1. The minimum absolute atomic E-state index is 0.336. The summed E-state index contributed by atoms with van der Waals surface area (Å²) >= 11 is 0. The summed E-state index contributed by atoms with van der Waals surface area (Å²) in [6.07, 6.45) is 6.28. The van der Waals surface area contributed by atoms with Gasteiger partial charge in [-0.3, -0.25) is 4.98 Å². The summed E-state index contributed by atoms with van der Waals surface area (Å²) < 4.78 is 29.4. The molecule has 134 valence electrons. The van der Waals surface area contributed by atoms with Crippen molar-refractivity contribution >= 4 is 10.2 Å². The first-order valence-electron chi connectivity index (χ1n) is 8.81. The summed E-state index contributed by atoms with van der Waals surface area (Å²) in [6.45, 7) is 4.04. The standard InChI is InChI=1S/C19H25N3O2S/c1-2-17-7-9-18(10-8-17)15-22(16-19-6-5-11-20-14-19)25(23,24)21-12-3-4-13-21/h5-11,14H,2-4,12-13,15-16H2,1H3. The molecule has 0 N–H and O–H groups in total. The number of aryl methyl sites for hydroxylation is 1. The Morgan fingerprint density at radius 3 is 2.24 bits per heavy atom. The summed E-state index contributed by atoms with van der Waals surface area (Å²) in [5.41, 5.74) is 3.16. The van der Waals surface area contributed by atoms with Gasteiger partial charge in [0.1, 0.15) is 0 Å². The molecule has 0 atom stereocenters. The lowest BCUT2D eigenvalue weighted by Gasteiger charge is -2.27. The van der Waals surface area contributed by atoms with Crippen LogP contribution in [0.2, 0.25) is 0 Å². The number of nitrogens with zero attached hydrogens (tertiary/aromatic N) is 3. The molecule has 2 aromatic rings. The van der Waals surface area contributed by atoms with E-state index in [1.807, 2.05) is 24.3 Å². The number of aromatic nitrogens is 1. The predicted octanol–water partition coefficient (Wildman–Crippen LogP) is 2.99. The highest BCUT2D eigenvalue weighted by molar-refractivity contribution is 7.86. The Bertz CT molecular complexity index is 770. The lowest BCUT2D eigenvalue weighted by atomic mass is 10.1. The zero-order chi connectivity index (χ0) is 17.7. The van der Waals surface area contributed by atoms with Crippen LogP contribution in [-0.2, 0) is 29.7 Å². The molecule has 25 heavy (non-hydrogen) atoms. The molecule has 0 radical (unpaired) electrons. The molecule has 1 aromatic heterocycles. The monoisotopic (exact) mass is 359 g/mol. The summed E-state index contributed by atoms with van der Waals surface area (Å²) in [5, 5.41) is 0. The molecular formula is C19H25N3O2S. The largest absolute Gasteiger partial charge is 0.282 e. The second kappa shape index (κ2) is 8.08. The van der Waals surface area contributed by atoms with Crippen molar-refractivity contribution in [1.29, 1.82) is 0 Å². The number of benzene rings is 1. The summed E-state index contributed by atoms with van der Waals surface area (Å²) in [4.78, 5) is 4.11. The molecule has 2 heterocycles. The van der Waals surface area contributed by atoms with Crippen LogP contribution in [0.3, 0.4) is 0 Å². The fourth-order valence-corrected chi connectivity index (χ4v) is 4.75. The molecule has 0 saturated carbocycles. The van der Waals surface area contributed by atoms with Gasteiger partial charge in [-0.1, -0.05) is 37.3 Å². The van der Waals surface area contributed by atoms with Gasteiger partial charge in [-0.2, -0.15) is 17.0 Å².